The van der Waals surface area contributed by atoms with E-state index in [1.807, 2.05) is 25.1 Å². The van der Waals surface area contributed by atoms with Crippen LogP contribution in [-0.2, 0) is 9.59 Å². The molecule has 0 spiro atoms. The molecule has 1 aromatic carbocycles. The van der Waals surface area contributed by atoms with Gasteiger partial charge in [-0.05, 0) is 50.8 Å². The molecule has 0 radical (unpaired) electrons. The number of ketones is 1. The maximum absolute atomic E-state index is 13.6. The number of halogens is 1. The van der Waals surface area contributed by atoms with E-state index in [1.165, 1.54) is 29.2 Å². The van der Waals surface area contributed by atoms with Crippen molar-refractivity contribution in [3.8, 4) is 0 Å². The molecule has 3 heterocycles. The molecule has 1 atom stereocenters. The molecule has 0 saturated carbocycles. The number of nitrogens with zero attached hydrogens (tertiary/aromatic N) is 4. The third-order valence-corrected chi connectivity index (χ3v) is 5.44. The van der Waals surface area contributed by atoms with Crippen molar-refractivity contribution < 1.29 is 19.1 Å². The molecular weight excluding hydrogens is 399 g/mol. The lowest BCUT2D eigenvalue weighted by Gasteiger charge is -2.26. The van der Waals surface area contributed by atoms with E-state index in [2.05, 4.69) is 4.98 Å². The Morgan fingerprint density at radius 2 is 1.87 bits per heavy atom. The molecule has 1 amide bonds. The monoisotopic (exact) mass is 422 g/mol. The Morgan fingerprint density at radius 3 is 2.55 bits per heavy atom. The highest BCUT2D eigenvalue weighted by atomic mass is 19.1. The van der Waals surface area contributed by atoms with Crippen LogP contribution in [0.3, 0.4) is 0 Å². The molecule has 4 rings (SSSR count). The van der Waals surface area contributed by atoms with Crippen LogP contribution in [0, 0.1) is 12.7 Å². The molecule has 0 aliphatic carbocycles. The van der Waals surface area contributed by atoms with Gasteiger partial charge in [-0.2, -0.15) is 0 Å². The standard InChI is InChI=1S/C23H23FN4O3/c1-14-19(27-11-5-4-6-17(27)25-14)21(29)18-20(15-7-9-16(24)10-8-15)28(13-12-26(2)3)23(31)22(18)30/h4-11,20,29H,12-13H2,1-3H3/t20-/m0/s1. The van der Waals surface area contributed by atoms with Crippen molar-refractivity contribution in [2.45, 2.75) is 13.0 Å². The number of aliphatic hydroxyl groups is 1. The molecule has 1 aliphatic heterocycles. The second-order valence-corrected chi connectivity index (χ2v) is 7.82. The van der Waals surface area contributed by atoms with Gasteiger partial charge in [0.15, 0.2) is 5.76 Å². The molecule has 7 nitrogen and oxygen atoms in total. The second-order valence-electron chi connectivity index (χ2n) is 7.82. The van der Waals surface area contributed by atoms with E-state index >= 15 is 0 Å². The van der Waals surface area contributed by atoms with E-state index in [0.717, 1.165) is 0 Å². The van der Waals surface area contributed by atoms with Gasteiger partial charge < -0.3 is 14.9 Å². The number of aryl methyl sites for hydroxylation is 1. The molecule has 31 heavy (non-hydrogen) atoms. The van der Waals surface area contributed by atoms with Crippen LogP contribution in [-0.4, -0.2) is 63.2 Å². The van der Waals surface area contributed by atoms with Crippen LogP contribution in [0.4, 0.5) is 4.39 Å². The predicted octanol–water partition coefficient (Wildman–Crippen LogP) is 2.77. The molecular formula is C23H23FN4O3. The summed E-state index contributed by atoms with van der Waals surface area (Å²) in [4.78, 5) is 33.8. The molecule has 160 valence electrons. The van der Waals surface area contributed by atoms with Gasteiger partial charge in [0.05, 0.1) is 17.3 Å². The highest BCUT2D eigenvalue weighted by molar-refractivity contribution is 6.46. The first kappa shape index (κ1) is 20.7. The lowest BCUT2D eigenvalue weighted by atomic mass is 9.96. The molecule has 1 fully saturated rings. The van der Waals surface area contributed by atoms with Crippen molar-refractivity contribution in [1.29, 1.82) is 0 Å². The SMILES string of the molecule is Cc1nc2ccccn2c1C(O)=C1C(=O)C(=O)N(CCN(C)C)[C@H]1c1ccc(F)cc1. The van der Waals surface area contributed by atoms with Crippen LogP contribution in [0.1, 0.15) is 23.0 Å². The maximum atomic E-state index is 13.6. The van der Waals surface area contributed by atoms with Crippen LogP contribution in [0.5, 0.6) is 0 Å². The van der Waals surface area contributed by atoms with E-state index < -0.39 is 23.5 Å². The lowest BCUT2D eigenvalue weighted by molar-refractivity contribution is -0.140. The topological polar surface area (TPSA) is 78.1 Å². The molecule has 0 bridgehead atoms. The van der Waals surface area contributed by atoms with Crippen molar-refractivity contribution in [3.05, 3.63) is 77.0 Å². The quantitative estimate of drug-likeness (QED) is 0.389. The fourth-order valence-corrected chi connectivity index (χ4v) is 3.94. The number of carbonyl (C=O) groups is 2. The molecule has 1 N–H and O–H groups in total. The third-order valence-electron chi connectivity index (χ3n) is 5.44. The zero-order valence-electron chi connectivity index (χ0n) is 17.5. The number of amides is 1. The van der Waals surface area contributed by atoms with E-state index in [1.54, 1.807) is 29.7 Å². The molecule has 1 aliphatic rings. The summed E-state index contributed by atoms with van der Waals surface area (Å²) >= 11 is 0. The minimum Gasteiger partial charge on any atom is -0.505 e. The predicted molar refractivity (Wildman–Crippen MR) is 114 cm³/mol. The number of aliphatic hydroxyl groups excluding tert-OH is 1. The first-order valence-corrected chi connectivity index (χ1v) is 9.92. The zero-order chi connectivity index (χ0) is 22.3. The smallest absolute Gasteiger partial charge is 0.295 e. The number of hydrogen-bond donors (Lipinski definition) is 1. The van der Waals surface area contributed by atoms with Crippen molar-refractivity contribution in [1.82, 2.24) is 19.2 Å². The van der Waals surface area contributed by atoms with Gasteiger partial charge in [-0.1, -0.05) is 18.2 Å². The average Bonchev–Trinajstić information content (AvgIpc) is 3.20. The minimum absolute atomic E-state index is 0.0240. The van der Waals surface area contributed by atoms with Crippen molar-refractivity contribution in [2.75, 3.05) is 27.2 Å². The Labute approximate surface area is 179 Å². The maximum Gasteiger partial charge on any atom is 0.295 e. The Kier molecular flexibility index (Phi) is 5.32. The Hall–Kier alpha value is -3.52. The molecule has 0 unspecified atom stereocenters. The average molecular weight is 422 g/mol. The molecule has 1 saturated heterocycles. The van der Waals surface area contributed by atoms with Crippen LogP contribution in [0.25, 0.3) is 11.4 Å². The number of rotatable bonds is 5. The summed E-state index contributed by atoms with van der Waals surface area (Å²) in [5.41, 5.74) is 2.02. The molecule has 3 aromatic rings. The lowest BCUT2D eigenvalue weighted by Crippen LogP contribution is -2.35. The normalized spacial score (nSPS) is 18.5. The molecule has 2 aromatic heterocycles. The summed E-state index contributed by atoms with van der Waals surface area (Å²) in [6, 6.07) is 10.2. The van der Waals surface area contributed by atoms with Crippen LogP contribution in [0.15, 0.2) is 54.2 Å². The van der Waals surface area contributed by atoms with Gasteiger partial charge in [-0.15, -0.1) is 0 Å². The summed E-state index contributed by atoms with van der Waals surface area (Å²) in [5.74, 6) is -2.18. The second kappa shape index (κ2) is 7.96. The number of hydrogen-bond acceptors (Lipinski definition) is 5. The number of carbonyl (C=O) groups excluding carboxylic acids is 2. The fraction of sp³-hybridized carbons (Fsp3) is 0.261. The van der Waals surface area contributed by atoms with Crippen molar-refractivity contribution in [3.63, 3.8) is 0 Å². The largest absolute Gasteiger partial charge is 0.505 e. The van der Waals surface area contributed by atoms with Crippen LogP contribution in [0.2, 0.25) is 0 Å². The number of benzene rings is 1. The number of Topliss-reactive ketones (excluding diaryl/α,β-unsaturated/α-hetero) is 1. The highest BCUT2D eigenvalue weighted by Gasteiger charge is 2.46. The number of fused-ring (bicyclic) bond motifs is 1. The van der Waals surface area contributed by atoms with Crippen molar-refractivity contribution in [2.24, 2.45) is 0 Å². The number of pyridine rings is 1. The third kappa shape index (κ3) is 3.59. The number of aromatic nitrogens is 2. The van der Waals surface area contributed by atoms with Crippen LogP contribution >= 0.6 is 0 Å². The fourth-order valence-electron chi connectivity index (χ4n) is 3.94. The number of likely N-dealkylation sites (tertiary alicyclic amines) is 1. The highest BCUT2D eigenvalue weighted by Crippen LogP contribution is 2.39. The Morgan fingerprint density at radius 1 is 1.16 bits per heavy atom. The summed E-state index contributed by atoms with van der Waals surface area (Å²) < 4.78 is 15.2. The van der Waals surface area contributed by atoms with E-state index in [-0.39, 0.29) is 17.9 Å². The Balaban J connectivity index is 1.92. The van der Waals surface area contributed by atoms with Gasteiger partial charge in [-0.25, -0.2) is 9.37 Å². The summed E-state index contributed by atoms with van der Waals surface area (Å²) in [7, 11) is 3.73. The van der Waals surface area contributed by atoms with Crippen molar-refractivity contribution >= 4 is 23.1 Å². The van der Waals surface area contributed by atoms with Gasteiger partial charge in [0.2, 0.25) is 0 Å². The summed E-state index contributed by atoms with van der Waals surface area (Å²) in [6.07, 6.45) is 1.74. The van der Waals surface area contributed by atoms with E-state index in [9.17, 15) is 19.1 Å². The number of imidazole rings is 1. The molecule has 8 heteroatoms. The summed E-state index contributed by atoms with van der Waals surface area (Å²) in [5, 5.41) is 11.3. The van der Waals surface area contributed by atoms with E-state index in [4.69, 9.17) is 0 Å². The van der Waals surface area contributed by atoms with Gasteiger partial charge in [0.25, 0.3) is 11.7 Å². The first-order chi connectivity index (χ1) is 14.8. The Bertz CT molecular complexity index is 1200. The first-order valence-electron chi connectivity index (χ1n) is 9.92. The zero-order valence-corrected chi connectivity index (χ0v) is 17.5. The van der Waals surface area contributed by atoms with Crippen LogP contribution < -0.4 is 0 Å². The van der Waals surface area contributed by atoms with Gasteiger partial charge in [0, 0.05) is 19.3 Å². The van der Waals surface area contributed by atoms with Gasteiger partial charge >= 0.3 is 0 Å². The van der Waals surface area contributed by atoms with E-state index in [0.29, 0.717) is 29.1 Å². The van der Waals surface area contributed by atoms with Gasteiger partial charge in [0.1, 0.15) is 17.2 Å². The minimum atomic E-state index is -0.825. The van der Waals surface area contributed by atoms with Gasteiger partial charge in [-0.3, -0.25) is 14.0 Å². The number of likely N-dealkylation sites (N-methyl/N-ethyl adjacent to an activating group) is 1. The summed E-state index contributed by atoms with van der Waals surface area (Å²) in [6.45, 7) is 2.54.